The van der Waals surface area contributed by atoms with E-state index >= 15 is 0 Å². The zero-order chi connectivity index (χ0) is 17.7. The number of aryl methyl sites for hydroxylation is 1. The Hall–Kier alpha value is -1.74. The predicted molar refractivity (Wildman–Crippen MR) is 92.5 cm³/mol. The van der Waals surface area contributed by atoms with Crippen LogP contribution >= 0.6 is 0 Å². The molecule has 0 bridgehead atoms. The number of benzene rings is 1. The minimum absolute atomic E-state index is 0.170. The highest BCUT2D eigenvalue weighted by molar-refractivity contribution is 7.89. The lowest BCUT2D eigenvalue weighted by atomic mass is 10.1. The molecule has 0 saturated carbocycles. The van der Waals surface area contributed by atoms with Crippen molar-refractivity contribution in [2.75, 3.05) is 13.2 Å². The molecule has 2 atom stereocenters. The molecule has 1 N–H and O–H groups in total. The molecule has 0 spiro atoms. The number of ether oxygens (including phenoxy) is 2. The lowest BCUT2D eigenvalue weighted by Gasteiger charge is -2.31. The van der Waals surface area contributed by atoms with Crippen LogP contribution in [0.2, 0.25) is 0 Å². The maximum Gasteiger partial charge on any atom is 0.258 e. The van der Waals surface area contributed by atoms with Gasteiger partial charge < -0.3 is 9.47 Å². The second-order valence-corrected chi connectivity index (χ2v) is 7.57. The number of nitrogens with zero attached hydrogens (tertiary/aromatic N) is 2. The Balaban J connectivity index is 1.68. The molecule has 0 unspecified atom stereocenters. The Kier molecular flexibility index (Phi) is 5.85. The molecule has 1 aliphatic rings. The van der Waals surface area contributed by atoms with Crippen molar-refractivity contribution < 1.29 is 17.9 Å². The number of nitrogens with one attached hydrogen (secondary N) is 1. The van der Waals surface area contributed by atoms with Crippen molar-refractivity contribution in [3.8, 4) is 0 Å². The van der Waals surface area contributed by atoms with Gasteiger partial charge in [-0.3, -0.25) is 4.68 Å². The van der Waals surface area contributed by atoms with Gasteiger partial charge in [0, 0.05) is 13.2 Å². The molecule has 1 aromatic carbocycles. The third-order valence-corrected chi connectivity index (χ3v) is 5.68. The van der Waals surface area contributed by atoms with Gasteiger partial charge in [-0.2, -0.15) is 5.10 Å². The molecular formula is C17H23N3O4S. The molecule has 1 aliphatic heterocycles. The molecule has 1 saturated heterocycles. The summed E-state index contributed by atoms with van der Waals surface area (Å²) in [7, 11) is -3.66. The van der Waals surface area contributed by atoms with E-state index in [1.807, 2.05) is 37.3 Å². The third-order valence-electron chi connectivity index (χ3n) is 4.17. The van der Waals surface area contributed by atoms with Crippen molar-refractivity contribution in [3.05, 3.63) is 48.2 Å². The summed E-state index contributed by atoms with van der Waals surface area (Å²) in [5.74, 6) is 0. The lowest BCUT2D eigenvalue weighted by Crippen LogP contribution is -2.50. The minimum atomic E-state index is -3.66. The Morgan fingerprint density at radius 3 is 2.88 bits per heavy atom. The van der Waals surface area contributed by atoms with Gasteiger partial charge in [-0.15, -0.1) is 0 Å². The summed E-state index contributed by atoms with van der Waals surface area (Å²) in [6.45, 7) is 3.63. The Morgan fingerprint density at radius 1 is 1.32 bits per heavy atom. The van der Waals surface area contributed by atoms with Gasteiger partial charge in [0.1, 0.15) is 0 Å². The van der Waals surface area contributed by atoms with Crippen molar-refractivity contribution in [1.82, 2.24) is 14.5 Å². The van der Waals surface area contributed by atoms with Crippen molar-refractivity contribution in [3.63, 3.8) is 0 Å². The normalized spacial score (nSPS) is 21.3. The molecule has 2 heterocycles. The van der Waals surface area contributed by atoms with Gasteiger partial charge in [0.2, 0.25) is 0 Å². The van der Waals surface area contributed by atoms with E-state index in [2.05, 4.69) is 9.82 Å². The van der Waals surface area contributed by atoms with E-state index in [1.165, 1.54) is 16.9 Å². The first-order valence-corrected chi connectivity index (χ1v) is 9.86. The molecule has 0 radical (unpaired) electrons. The topological polar surface area (TPSA) is 82.5 Å². The number of sulfonamides is 1. The smallest absolute Gasteiger partial charge is 0.258 e. The molecule has 25 heavy (non-hydrogen) atoms. The molecule has 136 valence electrons. The van der Waals surface area contributed by atoms with Gasteiger partial charge in [0.15, 0.2) is 5.03 Å². The third kappa shape index (κ3) is 4.46. The monoisotopic (exact) mass is 365 g/mol. The largest absolute Gasteiger partial charge is 0.379 e. The van der Waals surface area contributed by atoms with Gasteiger partial charge in [-0.25, -0.2) is 13.1 Å². The minimum Gasteiger partial charge on any atom is -0.379 e. The summed E-state index contributed by atoms with van der Waals surface area (Å²) >= 11 is 0. The van der Waals surface area contributed by atoms with E-state index in [-0.39, 0.29) is 17.2 Å². The first-order chi connectivity index (χ1) is 12.1. The Morgan fingerprint density at radius 2 is 2.12 bits per heavy atom. The molecular weight excluding hydrogens is 342 g/mol. The molecule has 3 rings (SSSR count). The van der Waals surface area contributed by atoms with E-state index in [4.69, 9.17) is 9.47 Å². The van der Waals surface area contributed by atoms with Gasteiger partial charge in [0.05, 0.1) is 31.6 Å². The maximum absolute atomic E-state index is 12.7. The molecule has 2 aromatic rings. The fraction of sp³-hybridized carbons (Fsp3) is 0.471. The summed E-state index contributed by atoms with van der Waals surface area (Å²) in [6.07, 6.45) is 1.73. The highest BCUT2D eigenvalue weighted by Gasteiger charge is 2.32. The van der Waals surface area contributed by atoms with Gasteiger partial charge in [0.25, 0.3) is 10.0 Å². The van der Waals surface area contributed by atoms with E-state index < -0.39 is 10.0 Å². The summed E-state index contributed by atoms with van der Waals surface area (Å²) in [5, 5.41) is 4.20. The molecule has 0 aliphatic carbocycles. The number of hydrogen-bond acceptors (Lipinski definition) is 5. The first-order valence-electron chi connectivity index (χ1n) is 8.37. The Labute approximate surface area is 148 Å². The van der Waals surface area contributed by atoms with Crippen LogP contribution in [0.25, 0.3) is 0 Å². The van der Waals surface area contributed by atoms with Crippen LogP contribution in [0.15, 0.2) is 47.6 Å². The quantitative estimate of drug-likeness (QED) is 0.805. The van der Waals surface area contributed by atoms with Crippen LogP contribution in [-0.2, 0) is 32.6 Å². The van der Waals surface area contributed by atoms with E-state index in [0.717, 1.165) is 5.56 Å². The molecule has 1 fully saturated rings. The number of aromatic nitrogens is 2. The molecule has 1 aromatic heterocycles. The molecule has 8 heteroatoms. The summed E-state index contributed by atoms with van der Waals surface area (Å²) in [6, 6.07) is 11.0. The molecule has 7 nitrogen and oxygen atoms in total. The fourth-order valence-corrected chi connectivity index (χ4v) is 4.32. The SMILES string of the molecule is CCn1nccc1S(=O)(=O)N[C@H]1CCOC[C@@H]1OCc1ccccc1. The average Bonchev–Trinajstić information content (AvgIpc) is 3.11. The van der Waals surface area contributed by atoms with Crippen LogP contribution in [0, 0.1) is 0 Å². The standard InChI is InChI=1S/C17H23N3O4S/c1-2-20-17(8-10-18-20)25(21,22)19-15-9-11-23-13-16(15)24-12-14-6-4-3-5-7-14/h3-8,10,15-16,19H,2,9,11-13H2,1H3/t15-,16-/m0/s1. The van der Waals surface area contributed by atoms with Gasteiger partial charge >= 0.3 is 0 Å². The van der Waals surface area contributed by atoms with Gasteiger partial charge in [-0.05, 0) is 25.0 Å². The van der Waals surface area contributed by atoms with Crippen molar-refractivity contribution >= 4 is 10.0 Å². The first kappa shape index (κ1) is 18.1. The van der Waals surface area contributed by atoms with Crippen molar-refractivity contribution in [1.29, 1.82) is 0 Å². The maximum atomic E-state index is 12.7. The predicted octanol–water partition coefficient (Wildman–Crippen LogP) is 1.56. The summed E-state index contributed by atoms with van der Waals surface area (Å²) in [4.78, 5) is 0. The average molecular weight is 365 g/mol. The second kappa shape index (κ2) is 8.09. The van der Waals surface area contributed by atoms with Crippen molar-refractivity contribution in [2.24, 2.45) is 0 Å². The van der Waals surface area contributed by atoms with Crippen LogP contribution in [0.4, 0.5) is 0 Å². The van der Waals surface area contributed by atoms with E-state index in [1.54, 1.807) is 0 Å². The zero-order valence-electron chi connectivity index (χ0n) is 14.2. The number of rotatable bonds is 7. The summed E-state index contributed by atoms with van der Waals surface area (Å²) in [5.41, 5.74) is 1.04. The molecule has 0 amide bonds. The zero-order valence-corrected chi connectivity index (χ0v) is 15.0. The lowest BCUT2D eigenvalue weighted by molar-refractivity contribution is -0.0711. The van der Waals surface area contributed by atoms with E-state index in [0.29, 0.717) is 32.8 Å². The highest BCUT2D eigenvalue weighted by atomic mass is 32.2. The van der Waals surface area contributed by atoms with E-state index in [9.17, 15) is 8.42 Å². The second-order valence-electron chi connectivity index (χ2n) is 5.91. The van der Waals surface area contributed by atoms with Crippen molar-refractivity contribution in [2.45, 2.75) is 43.7 Å². The van der Waals surface area contributed by atoms with Crippen LogP contribution in [-0.4, -0.2) is 43.6 Å². The van der Waals surface area contributed by atoms with Gasteiger partial charge in [-0.1, -0.05) is 30.3 Å². The van der Waals surface area contributed by atoms with Crippen LogP contribution in [0.3, 0.4) is 0 Å². The van der Waals surface area contributed by atoms with Crippen LogP contribution in [0.1, 0.15) is 18.9 Å². The number of hydrogen-bond donors (Lipinski definition) is 1. The summed E-state index contributed by atoms with van der Waals surface area (Å²) < 4.78 is 41.0. The van der Waals surface area contributed by atoms with Crippen LogP contribution in [0.5, 0.6) is 0 Å². The van der Waals surface area contributed by atoms with Crippen LogP contribution < -0.4 is 4.72 Å². The Bertz CT molecular complexity index is 776. The highest BCUT2D eigenvalue weighted by Crippen LogP contribution is 2.17. The fourth-order valence-electron chi connectivity index (χ4n) is 2.83.